The Balaban J connectivity index is 2.18. The molecule has 0 amide bonds. The molecular formula is C17H18O4S. The predicted octanol–water partition coefficient (Wildman–Crippen LogP) is 3.55. The van der Waals surface area contributed by atoms with Crippen molar-refractivity contribution in [2.75, 3.05) is 7.11 Å². The summed E-state index contributed by atoms with van der Waals surface area (Å²) in [5.74, 6) is 0.681. The summed E-state index contributed by atoms with van der Waals surface area (Å²) >= 11 is 0. The van der Waals surface area contributed by atoms with Gasteiger partial charge < -0.3 is 4.74 Å². The summed E-state index contributed by atoms with van der Waals surface area (Å²) in [5, 5.41) is 0. The van der Waals surface area contributed by atoms with Crippen molar-refractivity contribution in [2.45, 2.75) is 18.4 Å². The molecule has 2 aromatic carbocycles. The molecule has 22 heavy (non-hydrogen) atoms. The van der Waals surface area contributed by atoms with E-state index in [2.05, 4.69) is 6.58 Å². The highest BCUT2D eigenvalue weighted by Crippen LogP contribution is 2.21. The zero-order valence-electron chi connectivity index (χ0n) is 12.6. The highest BCUT2D eigenvalue weighted by Gasteiger charge is 2.15. The summed E-state index contributed by atoms with van der Waals surface area (Å²) in [6.07, 6.45) is 1.64. The monoisotopic (exact) mass is 318 g/mol. The van der Waals surface area contributed by atoms with E-state index in [-0.39, 0.29) is 11.5 Å². The van der Waals surface area contributed by atoms with Crippen LogP contribution in [-0.4, -0.2) is 15.5 Å². The van der Waals surface area contributed by atoms with Gasteiger partial charge in [0, 0.05) is 0 Å². The van der Waals surface area contributed by atoms with Gasteiger partial charge in [0.1, 0.15) is 5.75 Å². The highest BCUT2D eigenvalue weighted by atomic mass is 32.2. The van der Waals surface area contributed by atoms with E-state index in [1.165, 1.54) is 12.1 Å². The van der Waals surface area contributed by atoms with Crippen LogP contribution in [0, 0.1) is 6.92 Å². The number of rotatable bonds is 6. The van der Waals surface area contributed by atoms with Crippen LogP contribution in [0.5, 0.6) is 5.75 Å². The van der Waals surface area contributed by atoms with Gasteiger partial charge in [0.05, 0.1) is 18.6 Å². The average molecular weight is 318 g/mol. The van der Waals surface area contributed by atoms with E-state index in [4.69, 9.17) is 8.92 Å². The second kappa shape index (κ2) is 6.77. The third-order valence-corrected chi connectivity index (χ3v) is 4.53. The number of ether oxygens (including phenoxy) is 1. The van der Waals surface area contributed by atoms with Gasteiger partial charge in [-0.2, -0.15) is 8.42 Å². The second-order valence-electron chi connectivity index (χ2n) is 4.80. The lowest BCUT2D eigenvalue weighted by Crippen LogP contribution is -2.07. The summed E-state index contributed by atoms with van der Waals surface area (Å²) < 4.78 is 34.6. The lowest BCUT2D eigenvalue weighted by atomic mass is 10.1. The molecule has 0 spiro atoms. The van der Waals surface area contributed by atoms with Crippen LogP contribution in [0.2, 0.25) is 0 Å². The maximum Gasteiger partial charge on any atom is 0.297 e. The van der Waals surface area contributed by atoms with E-state index < -0.39 is 10.1 Å². The molecule has 0 heterocycles. The van der Waals surface area contributed by atoms with Gasteiger partial charge in [0.15, 0.2) is 0 Å². The van der Waals surface area contributed by atoms with E-state index in [1.807, 2.05) is 6.92 Å². The van der Waals surface area contributed by atoms with Crippen molar-refractivity contribution < 1.29 is 17.3 Å². The smallest absolute Gasteiger partial charge is 0.297 e. The fourth-order valence-corrected chi connectivity index (χ4v) is 2.82. The lowest BCUT2D eigenvalue weighted by molar-refractivity contribution is 0.307. The standard InChI is InChI=1S/C17H18O4S/c1-4-14-11-16(20-3)8-7-15(14)12-21-22(18,19)17-9-5-13(2)6-10-17/h4-11H,1,12H2,2-3H3. The Bertz CT molecular complexity index is 762. The molecule has 0 atom stereocenters. The molecule has 0 bridgehead atoms. The number of benzene rings is 2. The predicted molar refractivity (Wildman–Crippen MR) is 86.2 cm³/mol. The first-order valence-electron chi connectivity index (χ1n) is 6.72. The summed E-state index contributed by atoms with van der Waals surface area (Å²) in [7, 11) is -2.21. The van der Waals surface area contributed by atoms with Crippen molar-refractivity contribution in [3.63, 3.8) is 0 Å². The molecule has 2 rings (SSSR count). The van der Waals surface area contributed by atoms with Crippen LogP contribution < -0.4 is 4.74 Å². The molecule has 4 nitrogen and oxygen atoms in total. The fourth-order valence-electron chi connectivity index (χ4n) is 1.94. The van der Waals surface area contributed by atoms with Gasteiger partial charge in [-0.1, -0.05) is 36.4 Å². The van der Waals surface area contributed by atoms with Crippen molar-refractivity contribution in [1.29, 1.82) is 0 Å². The van der Waals surface area contributed by atoms with Crippen LogP contribution in [0.25, 0.3) is 6.08 Å². The van der Waals surface area contributed by atoms with Crippen LogP contribution in [0.4, 0.5) is 0 Å². The normalized spacial score (nSPS) is 11.2. The summed E-state index contributed by atoms with van der Waals surface area (Å²) in [4.78, 5) is 0.145. The van der Waals surface area contributed by atoms with Gasteiger partial charge in [0.25, 0.3) is 10.1 Å². The zero-order chi connectivity index (χ0) is 16.2. The number of hydrogen-bond donors (Lipinski definition) is 0. The van der Waals surface area contributed by atoms with E-state index in [9.17, 15) is 8.42 Å². The minimum Gasteiger partial charge on any atom is -0.497 e. The largest absolute Gasteiger partial charge is 0.497 e. The Morgan fingerprint density at radius 1 is 1.14 bits per heavy atom. The van der Waals surface area contributed by atoms with Gasteiger partial charge in [-0.05, 0) is 42.3 Å². The summed E-state index contributed by atoms with van der Waals surface area (Å²) in [6, 6.07) is 11.8. The van der Waals surface area contributed by atoms with Crippen molar-refractivity contribution in [3.8, 4) is 5.75 Å². The topological polar surface area (TPSA) is 52.6 Å². The molecule has 0 saturated heterocycles. The second-order valence-corrected chi connectivity index (χ2v) is 6.41. The Labute approximate surface area is 131 Å². The van der Waals surface area contributed by atoms with Crippen molar-refractivity contribution in [3.05, 3.63) is 65.7 Å². The van der Waals surface area contributed by atoms with Crippen LogP contribution in [0.1, 0.15) is 16.7 Å². The SMILES string of the molecule is C=Cc1cc(OC)ccc1COS(=O)(=O)c1ccc(C)cc1. The maximum atomic E-state index is 12.2. The third-order valence-electron chi connectivity index (χ3n) is 3.25. The molecule has 0 aliphatic rings. The van der Waals surface area contributed by atoms with Crippen LogP contribution in [0.15, 0.2) is 53.9 Å². The molecule has 0 fully saturated rings. The van der Waals surface area contributed by atoms with Crippen LogP contribution >= 0.6 is 0 Å². The first-order chi connectivity index (χ1) is 10.5. The quantitative estimate of drug-likeness (QED) is 0.764. The van der Waals surface area contributed by atoms with E-state index in [0.29, 0.717) is 5.75 Å². The number of methoxy groups -OCH3 is 1. The summed E-state index contributed by atoms with van der Waals surface area (Å²) in [5.41, 5.74) is 2.49. The van der Waals surface area contributed by atoms with E-state index in [1.54, 1.807) is 43.5 Å². The Kier molecular flexibility index (Phi) is 5.00. The van der Waals surface area contributed by atoms with Crippen molar-refractivity contribution in [1.82, 2.24) is 0 Å². The first-order valence-corrected chi connectivity index (χ1v) is 8.12. The maximum absolute atomic E-state index is 12.2. The Morgan fingerprint density at radius 2 is 1.82 bits per heavy atom. The molecule has 0 aromatic heterocycles. The van der Waals surface area contributed by atoms with Gasteiger partial charge in [-0.25, -0.2) is 0 Å². The van der Waals surface area contributed by atoms with E-state index >= 15 is 0 Å². The number of hydrogen-bond acceptors (Lipinski definition) is 4. The molecule has 116 valence electrons. The Morgan fingerprint density at radius 3 is 2.41 bits per heavy atom. The number of aryl methyl sites for hydroxylation is 1. The fraction of sp³-hybridized carbons (Fsp3) is 0.176. The molecule has 2 aromatic rings. The Hall–Kier alpha value is -2.11. The molecule has 0 aliphatic heterocycles. The van der Waals surface area contributed by atoms with Gasteiger partial charge in [-0.3, -0.25) is 4.18 Å². The van der Waals surface area contributed by atoms with E-state index in [0.717, 1.165) is 16.7 Å². The van der Waals surface area contributed by atoms with Gasteiger partial charge >= 0.3 is 0 Å². The third kappa shape index (κ3) is 3.75. The molecule has 0 N–H and O–H groups in total. The summed E-state index contributed by atoms with van der Waals surface area (Å²) in [6.45, 7) is 5.56. The lowest BCUT2D eigenvalue weighted by Gasteiger charge is -2.10. The molecule has 0 aliphatic carbocycles. The molecular weight excluding hydrogens is 300 g/mol. The average Bonchev–Trinajstić information content (AvgIpc) is 2.53. The van der Waals surface area contributed by atoms with Crippen LogP contribution in [-0.2, 0) is 20.9 Å². The minimum atomic E-state index is -3.78. The van der Waals surface area contributed by atoms with Crippen LogP contribution in [0.3, 0.4) is 0 Å². The molecule has 0 radical (unpaired) electrons. The van der Waals surface area contributed by atoms with Crippen molar-refractivity contribution >= 4 is 16.2 Å². The molecule has 5 heteroatoms. The van der Waals surface area contributed by atoms with Crippen molar-refractivity contribution in [2.24, 2.45) is 0 Å². The zero-order valence-corrected chi connectivity index (χ0v) is 13.4. The van der Waals surface area contributed by atoms with Gasteiger partial charge in [0.2, 0.25) is 0 Å². The molecule has 0 unspecified atom stereocenters. The van der Waals surface area contributed by atoms with Gasteiger partial charge in [-0.15, -0.1) is 0 Å². The molecule has 0 saturated carbocycles. The minimum absolute atomic E-state index is 0.0540. The first kappa shape index (κ1) is 16.3. The highest BCUT2D eigenvalue weighted by molar-refractivity contribution is 7.86.